The van der Waals surface area contributed by atoms with Crippen LogP contribution in [0.25, 0.3) is 0 Å². The van der Waals surface area contributed by atoms with Crippen LogP contribution < -0.4 is 11.3 Å². The Labute approximate surface area is 111 Å². The summed E-state index contributed by atoms with van der Waals surface area (Å²) in [5.74, 6) is 5.27. The number of benzene rings is 2. The number of ketones is 1. The third-order valence-electron chi connectivity index (χ3n) is 2.75. The first kappa shape index (κ1) is 12.6. The average molecular weight is 261 g/mol. The second kappa shape index (κ2) is 5.21. The molecule has 2 aromatic carbocycles. The maximum absolute atomic E-state index is 12.3. The van der Waals surface area contributed by atoms with Crippen molar-refractivity contribution in [1.29, 1.82) is 0 Å². The number of anilines is 1. The molecular weight excluding hydrogens is 248 g/mol. The molecule has 0 amide bonds. The third kappa shape index (κ3) is 2.37. The van der Waals surface area contributed by atoms with Gasteiger partial charge in [-0.25, -0.2) is 0 Å². The molecule has 0 saturated heterocycles. The van der Waals surface area contributed by atoms with E-state index in [2.05, 4.69) is 5.43 Å². The summed E-state index contributed by atoms with van der Waals surface area (Å²) in [5, 5.41) is 0.391. The zero-order valence-electron chi connectivity index (χ0n) is 9.91. The molecule has 0 unspecified atom stereocenters. The summed E-state index contributed by atoms with van der Waals surface area (Å²) in [5.41, 5.74) is 5.24. The number of hydrogen-bond donors (Lipinski definition) is 2. The molecule has 0 fully saturated rings. The largest absolute Gasteiger partial charge is 0.324 e. The van der Waals surface area contributed by atoms with E-state index >= 15 is 0 Å². The zero-order chi connectivity index (χ0) is 13.1. The fourth-order valence-electron chi connectivity index (χ4n) is 1.76. The van der Waals surface area contributed by atoms with Gasteiger partial charge in [-0.05, 0) is 24.6 Å². The van der Waals surface area contributed by atoms with Crippen LogP contribution in [0.3, 0.4) is 0 Å². The van der Waals surface area contributed by atoms with Gasteiger partial charge in [-0.1, -0.05) is 41.9 Å². The summed E-state index contributed by atoms with van der Waals surface area (Å²) >= 11 is 6.11. The van der Waals surface area contributed by atoms with E-state index in [0.717, 1.165) is 5.56 Å². The maximum atomic E-state index is 12.3. The molecule has 0 aliphatic heterocycles. The molecule has 2 aromatic rings. The highest BCUT2D eigenvalue weighted by molar-refractivity contribution is 6.35. The minimum absolute atomic E-state index is 0.0905. The smallest absolute Gasteiger partial charge is 0.194 e. The number of hydrogen-bond acceptors (Lipinski definition) is 3. The van der Waals surface area contributed by atoms with E-state index in [0.29, 0.717) is 21.8 Å². The van der Waals surface area contributed by atoms with Crippen molar-refractivity contribution in [2.45, 2.75) is 6.92 Å². The lowest BCUT2D eigenvalue weighted by molar-refractivity contribution is 0.103. The summed E-state index contributed by atoms with van der Waals surface area (Å²) < 4.78 is 0. The Morgan fingerprint density at radius 2 is 1.89 bits per heavy atom. The van der Waals surface area contributed by atoms with Gasteiger partial charge in [-0.2, -0.15) is 0 Å². The molecule has 2 rings (SSSR count). The number of nitrogens with two attached hydrogens (primary N) is 1. The normalized spacial score (nSPS) is 10.2. The van der Waals surface area contributed by atoms with E-state index < -0.39 is 0 Å². The SMILES string of the molecule is Cc1cc(C(=O)c2ccccc2)c(Cl)cc1NN. The van der Waals surface area contributed by atoms with Crippen LogP contribution in [0.15, 0.2) is 42.5 Å². The Morgan fingerprint density at radius 3 is 2.50 bits per heavy atom. The Morgan fingerprint density at radius 1 is 1.22 bits per heavy atom. The number of carbonyl (C=O) groups excluding carboxylic acids is 1. The first-order valence-electron chi connectivity index (χ1n) is 5.50. The predicted molar refractivity (Wildman–Crippen MR) is 73.9 cm³/mol. The predicted octanol–water partition coefficient (Wildman–Crippen LogP) is 3.17. The molecule has 0 heterocycles. The van der Waals surface area contributed by atoms with Crippen LogP contribution in [0.1, 0.15) is 21.5 Å². The molecule has 0 bridgehead atoms. The summed E-state index contributed by atoms with van der Waals surface area (Å²) in [6, 6.07) is 12.4. The Balaban J connectivity index is 2.46. The van der Waals surface area contributed by atoms with Gasteiger partial charge in [-0.3, -0.25) is 10.6 Å². The second-order valence-electron chi connectivity index (χ2n) is 3.99. The van der Waals surface area contributed by atoms with E-state index in [1.54, 1.807) is 24.3 Å². The van der Waals surface area contributed by atoms with Crippen LogP contribution in [0.5, 0.6) is 0 Å². The first-order valence-corrected chi connectivity index (χ1v) is 5.88. The zero-order valence-corrected chi connectivity index (χ0v) is 10.7. The Bertz CT molecular complexity index is 582. The highest BCUT2D eigenvalue weighted by Crippen LogP contribution is 2.26. The van der Waals surface area contributed by atoms with Gasteiger partial charge < -0.3 is 5.43 Å². The molecule has 0 saturated carbocycles. The maximum Gasteiger partial charge on any atom is 0.194 e. The molecule has 0 aromatic heterocycles. The summed E-state index contributed by atoms with van der Waals surface area (Å²) in [4.78, 5) is 12.3. The summed E-state index contributed by atoms with van der Waals surface area (Å²) in [7, 11) is 0. The standard InChI is InChI=1S/C14H13ClN2O/c1-9-7-11(12(15)8-13(9)17-16)14(18)10-5-3-2-4-6-10/h2-8,17H,16H2,1H3. The van der Waals surface area contributed by atoms with Gasteiger partial charge in [0.05, 0.1) is 10.7 Å². The third-order valence-corrected chi connectivity index (χ3v) is 3.06. The van der Waals surface area contributed by atoms with Gasteiger partial charge in [0.15, 0.2) is 5.78 Å². The van der Waals surface area contributed by atoms with Gasteiger partial charge in [0.1, 0.15) is 0 Å². The minimum atomic E-state index is -0.0905. The molecule has 3 N–H and O–H groups in total. The topological polar surface area (TPSA) is 55.1 Å². The van der Waals surface area contributed by atoms with Crippen LogP contribution in [-0.4, -0.2) is 5.78 Å². The molecule has 0 radical (unpaired) electrons. The van der Waals surface area contributed by atoms with Crippen molar-refractivity contribution in [2.24, 2.45) is 5.84 Å². The van der Waals surface area contributed by atoms with Crippen LogP contribution in [0, 0.1) is 6.92 Å². The first-order chi connectivity index (χ1) is 8.63. The molecule has 0 aliphatic carbocycles. The van der Waals surface area contributed by atoms with Gasteiger partial charge >= 0.3 is 0 Å². The van der Waals surface area contributed by atoms with E-state index in [1.165, 1.54) is 0 Å². The molecule has 0 spiro atoms. The molecule has 92 valence electrons. The number of halogens is 1. The lowest BCUT2D eigenvalue weighted by Crippen LogP contribution is -2.10. The van der Waals surface area contributed by atoms with Crippen molar-refractivity contribution in [3.63, 3.8) is 0 Å². The van der Waals surface area contributed by atoms with E-state index in [4.69, 9.17) is 17.4 Å². The molecule has 0 atom stereocenters. The molecule has 0 aliphatic rings. The quantitative estimate of drug-likeness (QED) is 0.506. The van der Waals surface area contributed by atoms with Crippen molar-refractivity contribution in [2.75, 3.05) is 5.43 Å². The van der Waals surface area contributed by atoms with Crippen LogP contribution in [0.2, 0.25) is 5.02 Å². The monoisotopic (exact) mass is 260 g/mol. The fourth-order valence-corrected chi connectivity index (χ4v) is 2.01. The van der Waals surface area contributed by atoms with Crippen molar-refractivity contribution in [3.8, 4) is 0 Å². The van der Waals surface area contributed by atoms with E-state index in [1.807, 2.05) is 25.1 Å². The number of nitrogens with one attached hydrogen (secondary N) is 1. The Kier molecular flexibility index (Phi) is 3.65. The van der Waals surface area contributed by atoms with Crippen LogP contribution >= 0.6 is 11.6 Å². The summed E-state index contributed by atoms with van der Waals surface area (Å²) in [6.07, 6.45) is 0. The van der Waals surface area contributed by atoms with Crippen molar-refractivity contribution < 1.29 is 4.79 Å². The highest BCUT2D eigenvalue weighted by Gasteiger charge is 2.14. The second-order valence-corrected chi connectivity index (χ2v) is 4.39. The van der Waals surface area contributed by atoms with Crippen LogP contribution in [0.4, 0.5) is 5.69 Å². The molecule has 18 heavy (non-hydrogen) atoms. The molecular formula is C14H13ClN2O. The van der Waals surface area contributed by atoms with Crippen molar-refractivity contribution >= 4 is 23.1 Å². The van der Waals surface area contributed by atoms with Crippen molar-refractivity contribution in [3.05, 3.63) is 64.2 Å². The number of carbonyl (C=O) groups is 1. The number of nitrogen functional groups attached to an aromatic ring is 1. The molecule has 3 nitrogen and oxygen atoms in total. The molecule has 4 heteroatoms. The van der Waals surface area contributed by atoms with E-state index in [-0.39, 0.29) is 5.78 Å². The highest BCUT2D eigenvalue weighted by atomic mass is 35.5. The average Bonchev–Trinajstić information content (AvgIpc) is 2.41. The van der Waals surface area contributed by atoms with Gasteiger partial charge in [0.25, 0.3) is 0 Å². The lowest BCUT2D eigenvalue weighted by atomic mass is 10.0. The Hall–Kier alpha value is -1.84. The number of hydrazine groups is 1. The minimum Gasteiger partial charge on any atom is -0.324 e. The van der Waals surface area contributed by atoms with E-state index in [9.17, 15) is 4.79 Å². The fraction of sp³-hybridized carbons (Fsp3) is 0.0714. The van der Waals surface area contributed by atoms with Gasteiger partial charge in [-0.15, -0.1) is 0 Å². The summed E-state index contributed by atoms with van der Waals surface area (Å²) in [6.45, 7) is 1.87. The van der Waals surface area contributed by atoms with Crippen molar-refractivity contribution in [1.82, 2.24) is 0 Å². The van der Waals surface area contributed by atoms with Crippen LogP contribution in [-0.2, 0) is 0 Å². The lowest BCUT2D eigenvalue weighted by Gasteiger charge is -2.09. The van der Waals surface area contributed by atoms with Gasteiger partial charge in [0, 0.05) is 11.1 Å². The number of rotatable bonds is 3. The number of aryl methyl sites for hydroxylation is 1. The van der Waals surface area contributed by atoms with Gasteiger partial charge in [0.2, 0.25) is 0 Å².